The number of nitrogens with zero attached hydrogens (tertiary/aromatic N) is 4. The maximum Gasteiger partial charge on any atom is 0.406 e. The van der Waals surface area contributed by atoms with Crippen molar-refractivity contribution in [3.63, 3.8) is 0 Å². The second-order valence-electron chi connectivity index (χ2n) is 3.37. The average Bonchev–Trinajstić information content (AvgIpc) is 2.42. The molecule has 0 amide bonds. The molecule has 1 aromatic rings. The van der Waals surface area contributed by atoms with Gasteiger partial charge in [0.25, 0.3) is 0 Å². The molecule has 8 nitrogen and oxygen atoms in total. The first-order valence-electron chi connectivity index (χ1n) is 4.45. The number of carboxylic acids is 1. The molecule has 0 saturated heterocycles. The van der Waals surface area contributed by atoms with Crippen molar-refractivity contribution in [2.24, 2.45) is 7.05 Å². The van der Waals surface area contributed by atoms with Crippen LogP contribution in [0.1, 0.15) is 5.82 Å². The molecule has 1 rings (SSSR count). The molecule has 8 heteroatoms. The Morgan fingerprint density at radius 3 is 2.69 bits per heavy atom. The van der Waals surface area contributed by atoms with Crippen LogP contribution in [0.3, 0.4) is 0 Å². The lowest BCUT2D eigenvalue weighted by atomic mass is 10.5. The van der Waals surface area contributed by atoms with E-state index in [0.29, 0.717) is 5.82 Å². The lowest BCUT2D eigenvalue weighted by Gasteiger charge is -2.15. The molecule has 0 bridgehead atoms. The van der Waals surface area contributed by atoms with Crippen LogP contribution in [0.5, 0.6) is 0 Å². The van der Waals surface area contributed by atoms with Crippen molar-refractivity contribution in [3.8, 4) is 0 Å². The second-order valence-corrected chi connectivity index (χ2v) is 3.37. The molecule has 0 spiro atoms. The van der Waals surface area contributed by atoms with Crippen molar-refractivity contribution in [3.05, 3.63) is 15.9 Å². The second kappa shape index (κ2) is 4.17. The number of nitro groups is 1. The monoisotopic (exact) mass is 228 g/mol. The van der Waals surface area contributed by atoms with Crippen LogP contribution in [0.25, 0.3) is 0 Å². The zero-order chi connectivity index (χ0) is 12.5. The number of hydrogen-bond donors (Lipinski definition) is 1. The van der Waals surface area contributed by atoms with Gasteiger partial charge in [-0.25, -0.2) is 0 Å². The Balaban J connectivity index is 3.19. The molecule has 0 atom stereocenters. The third-order valence-electron chi connectivity index (χ3n) is 2.18. The van der Waals surface area contributed by atoms with Crippen molar-refractivity contribution < 1.29 is 14.8 Å². The smallest absolute Gasteiger partial charge is 0.406 e. The number of hydrogen-bond acceptors (Lipinski definition) is 5. The predicted octanol–water partition coefficient (Wildman–Crippen LogP) is 0.158. The van der Waals surface area contributed by atoms with Gasteiger partial charge in [-0.3, -0.25) is 9.36 Å². The number of likely N-dealkylation sites (N-methyl/N-ethyl adjacent to an activating group) is 1. The summed E-state index contributed by atoms with van der Waals surface area (Å²) in [6.07, 6.45) is 0. The van der Waals surface area contributed by atoms with Gasteiger partial charge in [0.1, 0.15) is 6.54 Å². The highest BCUT2D eigenvalue weighted by atomic mass is 16.6. The molecular weight excluding hydrogens is 216 g/mol. The van der Waals surface area contributed by atoms with Crippen LogP contribution >= 0.6 is 0 Å². The summed E-state index contributed by atoms with van der Waals surface area (Å²) < 4.78 is 1.49. The number of rotatable bonds is 4. The van der Waals surface area contributed by atoms with E-state index in [4.69, 9.17) is 5.11 Å². The summed E-state index contributed by atoms with van der Waals surface area (Å²) in [6.45, 7) is 1.30. The zero-order valence-electron chi connectivity index (χ0n) is 9.17. The fourth-order valence-electron chi connectivity index (χ4n) is 1.41. The molecule has 88 valence electrons. The van der Waals surface area contributed by atoms with E-state index in [-0.39, 0.29) is 18.2 Å². The first kappa shape index (κ1) is 12.0. The van der Waals surface area contributed by atoms with E-state index in [2.05, 4.69) is 4.98 Å². The van der Waals surface area contributed by atoms with Crippen molar-refractivity contribution >= 4 is 17.6 Å². The van der Waals surface area contributed by atoms with Gasteiger partial charge in [-0.1, -0.05) is 0 Å². The van der Waals surface area contributed by atoms with Crippen molar-refractivity contribution in [1.82, 2.24) is 9.55 Å². The predicted molar refractivity (Wildman–Crippen MR) is 55.5 cm³/mol. The van der Waals surface area contributed by atoms with Crippen LogP contribution in [-0.4, -0.2) is 39.1 Å². The summed E-state index contributed by atoms with van der Waals surface area (Å²) in [5.74, 6) is -0.747. The molecule has 1 aromatic heterocycles. The molecule has 0 fully saturated rings. The van der Waals surface area contributed by atoms with Gasteiger partial charge in [0, 0.05) is 21.0 Å². The van der Waals surface area contributed by atoms with E-state index >= 15 is 0 Å². The fraction of sp³-hybridized carbons (Fsp3) is 0.500. The quantitative estimate of drug-likeness (QED) is 0.581. The first-order valence-corrected chi connectivity index (χ1v) is 4.45. The molecule has 0 aromatic carbocycles. The molecule has 1 N–H and O–H groups in total. The van der Waals surface area contributed by atoms with E-state index in [1.54, 1.807) is 14.0 Å². The molecule has 0 radical (unpaired) electrons. The molecule has 0 aliphatic heterocycles. The lowest BCUT2D eigenvalue weighted by molar-refractivity contribution is -0.388. The molecule has 0 unspecified atom stereocenters. The first-order chi connectivity index (χ1) is 7.34. The number of aromatic nitrogens is 2. The van der Waals surface area contributed by atoms with E-state index in [1.165, 1.54) is 16.5 Å². The number of carboxylic acid groups (broad SMARTS) is 1. The summed E-state index contributed by atoms with van der Waals surface area (Å²) in [5, 5.41) is 19.4. The van der Waals surface area contributed by atoms with Crippen LogP contribution in [0.2, 0.25) is 0 Å². The van der Waals surface area contributed by atoms with Gasteiger partial charge in [-0.15, -0.1) is 0 Å². The van der Waals surface area contributed by atoms with E-state index in [1.807, 2.05) is 0 Å². The Labute approximate surface area is 91.3 Å². The highest BCUT2D eigenvalue weighted by molar-refractivity contribution is 5.74. The molecule has 0 aliphatic rings. The van der Waals surface area contributed by atoms with Crippen molar-refractivity contribution in [2.75, 3.05) is 18.5 Å². The van der Waals surface area contributed by atoms with Crippen LogP contribution in [0.15, 0.2) is 0 Å². The number of aliphatic carboxylic acids is 1. The van der Waals surface area contributed by atoms with E-state index in [0.717, 1.165) is 0 Å². The molecule has 1 heterocycles. The number of aryl methyl sites for hydroxylation is 1. The Morgan fingerprint density at radius 2 is 2.25 bits per heavy atom. The normalized spacial score (nSPS) is 10.2. The standard InChI is InChI=1S/C8H12N4O4/c1-5-9-7(12(15)16)8(11(5)3)10(2)4-6(13)14/h4H2,1-3H3,(H,13,14). The van der Waals surface area contributed by atoms with E-state index < -0.39 is 10.9 Å². The van der Waals surface area contributed by atoms with Gasteiger partial charge in [0.15, 0.2) is 0 Å². The topological polar surface area (TPSA) is 102 Å². The van der Waals surface area contributed by atoms with Crippen molar-refractivity contribution in [2.45, 2.75) is 6.92 Å². The minimum atomic E-state index is -1.06. The summed E-state index contributed by atoms with van der Waals surface area (Å²) in [7, 11) is 3.07. The molecular formula is C8H12N4O4. The third-order valence-corrected chi connectivity index (χ3v) is 2.18. The highest BCUT2D eigenvalue weighted by Gasteiger charge is 2.27. The largest absolute Gasteiger partial charge is 0.480 e. The summed E-state index contributed by atoms with van der Waals surface area (Å²) >= 11 is 0. The SMILES string of the molecule is Cc1nc([N+](=O)[O-])c(N(C)CC(=O)O)n1C. The lowest BCUT2D eigenvalue weighted by Crippen LogP contribution is -2.27. The van der Waals surface area contributed by atoms with Gasteiger partial charge in [-0.05, 0) is 9.91 Å². The van der Waals surface area contributed by atoms with E-state index in [9.17, 15) is 14.9 Å². The maximum atomic E-state index is 10.7. The van der Waals surface area contributed by atoms with Gasteiger partial charge >= 0.3 is 11.8 Å². The number of anilines is 1. The van der Waals surface area contributed by atoms with Crippen LogP contribution in [0.4, 0.5) is 11.6 Å². The Morgan fingerprint density at radius 1 is 1.69 bits per heavy atom. The third kappa shape index (κ3) is 2.10. The maximum absolute atomic E-state index is 10.7. The highest BCUT2D eigenvalue weighted by Crippen LogP contribution is 2.26. The van der Waals surface area contributed by atoms with Crippen molar-refractivity contribution in [1.29, 1.82) is 0 Å². The average molecular weight is 228 g/mol. The van der Waals surface area contributed by atoms with Crippen LogP contribution in [-0.2, 0) is 11.8 Å². The van der Waals surface area contributed by atoms with Crippen LogP contribution < -0.4 is 4.90 Å². The fourth-order valence-corrected chi connectivity index (χ4v) is 1.41. The van der Waals surface area contributed by atoms with Gasteiger partial charge in [0.05, 0.1) is 0 Å². The van der Waals surface area contributed by atoms with Crippen LogP contribution in [0, 0.1) is 17.0 Å². The van der Waals surface area contributed by atoms with Gasteiger partial charge in [0.2, 0.25) is 11.6 Å². The zero-order valence-corrected chi connectivity index (χ0v) is 9.17. The number of imidazole rings is 1. The number of carbonyl (C=O) groups is 1. The summed E-state index contributed by atoms with van der Waals surface area (Å²) in [5.41, 5.74) is 0. The van der Waals surface area contributed by atoms with Gasteiger partial charge in [-0.2, -0.15) is 0 Å². The summed E-state index contributed by atoms with van der Waals surface area (Å²) in [6, 6.07) is 0. The molecule has 0 saturated carbocycles. The molecule has 16 heavy (non-hydrogen) atoms. The minimum Gasteiger partial charge on any atom is -0.480 e. The minimum absolute atomic E-state index is 0.185. The Kier molecular flexibility index (Phi) is 3.11. The Bertz CT molecular complexity index is 439. The summed E-state index contributed by atoms with van der Waals surface area (Å²) in [4.78, 5) is 25.7. The van der Waals surface area contributed by atoms with Gasteiger partial charge < -0.3 is 20.1 Å². The Hall–Kier alpha value is -2.12. The molecule has 0 aliphatic carbocycles.